The van der Waals surface area contributed by atoms with E-state index in [4.69, 9.17) is 9.47 Å². The van der Waals surface area contributed by atoms with Crippen molar-refractivity contribution in [2.75, 3.05) is 26.1 Å². The molecule has 1 aromatic heterocycles. The first-order valence-corrected chi connectivity index (χ1v) is 7.39. The lowest BCUT2D eigenvalue weighted by atomic mass is 9.78. The first-order valence-electron chi connectivity index (χ1n) is 7.39. The number of rotatable bonds is 6. The van der Waals surface area contributed by atoms with Gasteiger partial charge in [0.15, 0.2) is 0 Å². The summed E-state index contributed by atoms with van der Waals surface area (Å²) in [5.74, 6) is 1.09. The summed E-state index contributed by atoms with van der Waals surface area (Å²) in [7, 11) is 2.97. The van der Waals surface area contributed by atoms with Gasteiger partial charge < -0.3 is 19.9 Å². The minimum Gasteiger partial charge on any atom is -0.467 e. The van der Waals surface area contributed by atoms with Gasteiger partial charge in [-0.15, -0.1) is 4.98 Å². The summed E-state index contributed by atoms with van der Waals surface area (Å²) in [5, 5.41) is 13.7. The molecule has 0 unspecified atom stereocenters. The van der Waals surface area contributed by atoms with Gasteiger partial charge in [-0.3, -0.25) is 0 Å². The van der Waals surface area contributed by atoms with E-state index in [1.165, 1.54) is 20.6 Å². The van der Waals surface area contributed by atoms with Crippen LogP contribution in [-0.2, 0) is 0 Å². The van der Waals surface area contributed by atoms with E-state index in [0.29, 0.717) is 12.5 Å². The molecule has 2 rings (SSSR count). The maximum atomic E-state index is 10.6. The largest absolute Gasteiger partial charge is 0.467 e. The topological polar surface area (TPSA) is 89.4 Å². The van der Waals surface area contributed by atoms with Gasteiger partial charge in [0, 0.05) is 6.54 Å². The van der Waals surface area contributed by atoms with Crippen molar-refractivity contribution >= 4 is 5.95 Å². The lowest BCUT2D eigenvalue weighted by Gasteiger charge is -2.35. The number of hydrogen-bond acceptors (Lipinski definition) is 7. The number of anilines is 1. The van der Waals surface area contributed by atoms with Crippen molar-refractivity contribution in [2.45, 2.75) is 44.6 Å². The Kier molecular flexibility index (Phi) is 5.17. The molecule has 0 radical (unpaired) electrons. The Morgan fingerprint density at radius 2 is 1.71 bits per heavy atom. The molecule has 1 aromatic rings. The predicted molar refractivity (Wildman–Crippen MR) is 78.6 cm³/mol. The number of nitrogens with zero attached hydrogens (tertiary/aromatic N) is 3. The van der Waals surface area contributed by atoms with Crippen molar-refractivity contribution in [3.8, 4) is 12.0 Å². The highest BCUT2D eigenvalue weighted by atomic mass is 16.5. The summed E-state index contributed by atoms with van der Waals surface area (Å²) in [4.78, 5) is 12.1. The normalized spacial score (nSPS) is 25.4. The molecule has 0 aromatic carbocycles. The van der Waals surface area contributed by atoms with Crippen LogP contribution in [0.3, 0.4) is 0 Å². The highest BCUT2D eigenvalue weighted by Gasteiger charge is 2.32. The Morgan fingerprint density at radius 1 is 1.14 bits per heavy atom. The van der Waals surface area contributed by atoms with E-state index in [1.54, 1.807) is 0 Å². The molecule has 0 amide bonds. The molecule has 1 aliphatic carbocycles. The standard InChI is InChI=1S/C14H24N4O3/c1-4-10-5-7-14(19,8-6-10)9-15-11-16-12(20-2)18-13(17-11)21-3/h10,19H,4-9H2,1-3H3,(H,15,16,17,18). The van der Waals surface area contributed by atoms with Crippen LogP contribution >= 0.6 is 0 Å². The summed E-state index contributed by atoms with van der Waals surface area (Å²) in [6, 6.07) is 0.372. The van der Waals surface area contributed by atoms with Gasteiger partial charge in [0.25, 0.3) is 0 Å². The quantitative estimate of drug-likeness (QED) is 0.824. The molecule has 1 saturated carbocycles. The van der Waals surface area contributed by atoms with Crippen LogP contribution in [0.25, 0.3) is 0 Å². The van der Waals surface area contributed by atoms with Gasteiger partial charge in [-0.05, 0) is 31.6 Å². The lowest BCUT2D eigenvalue weighted by Crippen LogP contribution is -2.40. The molecule has 1 aliphatic rings. The monoisotopic (exact) mass is 296 g/mol. The highest BCUT2D eigenvalue weighted by molar-refractivity contribution is 5.28. The van der Waals surface area contributed by atoms with E-state index in [2.05, 4.69) is 27.2 Å². The average Bonchev–Trinajstić information content (AvgIpc) is 2.53. The van der Waals surface area contributed by atoms with Crippen LogP contribution in [-0.4, -0.2) is 46.4 Å². The van der Waals surface area contributed by atoms with Gasteiger partial charge in [0.05, 0.1) is 19.8 Å². The van der Waals surface area contributed by atoms with E-state index < -0.39 is 5.60 Å². The van der Waals surface area contributed by atoms with Gasteiger partial charge in [-0.2, -0.15) is 9.97 Å². The van der Waals surface area contributed by atoms with Gasteiger partial charge in [0.2, 0.25) is 5.95 Å². The minimum atomic E-state index is -0.696. The molecule has 2 N–H and O–H groups in total. The lowest BCUT2D eigenvalue weighted by molar-refractivity contribution is 0.00213. The van der Waals surface area contributed by atoms with Crippen molar-refractivity contribution in [1.82, 2.24) is 15.0 Å². The average molecular weight is 296 g/mol. The zero-order valence-electron chi connectivity index (χ0n) is 12.9. The molecule has 0 aliphatic heterocycles. The zero-order chi connectivity index (χ0) is 15.3. The van der Waals surface area contributed by atoms with E-state index in [-0.39, 0.29) is 12.0 Å². The zero-order valence-corrected chi connectivity index (χ0v) is 12.9. The van der Waals surface area contributed by atoms with Crippen LogP contribution in [0, 0.1) is 5.92 Å². The van der Waals surface area contributed by atoms with Crippen LogP contribution in [0.5, 0.6) is 12.0 Å². The molecular formula is C14H24N4O3. The van der Waals surface area contributed by atoms with Gasteiger partial charge in [-0.25, -0.2) is 0 Å². The maximum Gasteiger partial charge on any atom is 0.324 e. The van der Waals surface area contributed by atoms with Crippen LogP contribution in [0.1, 0.15) is 39.0 Å². The molecule has 0 bridgehead atoms. The fourth-order valence-electron chi connectivity index (χ4n) is 2.64. The fourth-order valence-corrected chi connectivity index (χ4v) is 2.64. The van der Waals surface area contributed by atoms with Crippen LogP contribution < -0.4 is 14.8 Å². The Morgan fingerprint density at radius 3 is 2.19 bits per heavy atom. The molecule has 118 valence electrons. The number of hydrogen-bond donors (Lipinski definition) is 2. The Bertz CT molecular complexity index is 439. The van der Waals surface area contributed by atoms with Crippen molar-refractivity contribution in [3.63, 3.8) is 0 Å². The number of aliphatic hydroxyl groups is 1. The van der Waals surface area contributed by atoms with E-state index in [9.17, 15) is 5.11 Å². The minimum absolute atomic E-state index is 0.186. The van der Waals surface area contributed by atoms with Crippen molar-refractivity contribution < 1.29 is 14.6 Å². The molecule has 21 heavy (non-hydrogen) atoms. The highest BCUT2D eigenvalue weighted by Crippen LogP contribution is 2.33. The Balaban J connectivity index is 1.96. The molecule has 7 nitrogen and oxygen atoms in total. The number of methoxy groups -OCH3 is 2. The Hall–Kier alpha value is -1.63. The SMILES string of the molecule is CCC1CCC(O)(CNc2nc(OC)nc(OC)n2)CC1. The number of ether oxygens (including phenoxy) is 2. The van der Waals surface area contributed by atoms with E-state index in [1.807, 2.05) is 0 Å². The van der Waals surface area contributed by atoms with E-state index >= 15 is 0 Å². The molecule has 0 spiro atoms. The molecule has 7 heteroatoms. The van der Waals surface area contributed by atoms with Crippen LogP contribution in [0.4, 0.5) is 5.95 Å². The second-order valence-corrected chi connectivity index (χ2v) is 5.56. The summed E-state index contributed by atoms with van der Waals surface area (Å²) < 4.78 is 10.00. The second-order valence-electron chi connectivity index (χ2n) is 5.56. The molecular weight excluding hydrogens is 272 g/mol. The van der Waals surface area contributed by atoms with Crippen molar-refractivity contribution in [1.29, 1.82) is 0 Å². The first-order chi connectivity index (χ1) is 10.1. The number of aromatic nitrogens is 3. The molecule has 0 atom stereocenters. The van der Waals surface area contributed by atoms with Crippen molar-refractivity contribution in [2.24, 2.45) is 5.92 Å². The summed E-state index contributed by atoms with van der Waals surface area (Å²) in [6.07, 6.45) is 4.93. The van der Waals surface area contributed by atoms with Crippen LogP contribution in [0.2, 0.25) is 0 Å². The van der Waals surface area contributed by atoms with E-state index in [0.717, 1.165) is 31.6 Å². The summed E-state index contributed by atoms with van der Waals surface area (Å²) >= 11 is 0. The third kappa shape index (κ3) is 4.17. The molecule has 1 fully saturated rings. The fraction of sp³-hybridized carbons (Fsp3) is 0.786. The molecule has 0 saturated heterocycles. The third-order valence-electron chi connectivity index (χ3n) is 4.15. The smallest absolute Gasteiger partial charge is 0.324 e. The number of nitrogens with one attached hydrogen (secondary N) is 1. The van der Waals surface area contributed by atoms with Gasteiger partial charge in [-0.1, -0.05) is 13.3 Å². The Labute approximate surface area is 125 Å². The van der Waals surface area contributed by atoms with Crippen LogP contribution in [0.15, 0.2) is 0 Å². The summed E-state index contributed by atoms with van der Waals surface area (Å²) in [5.41, 5.74) is -0.696. The third-order valence-corrected chi connectivity index (χ3v) is 4.15. The van der Waals surface area contributed by atoms with Gasteiger partial charge >= 0.3 is 12.0 Å². The molecule has 1 heterocycles. The van der Waals surface area contributed by atoms with Crippen molar-refractivity contribution in [3.05, 3.63) is 0 Å². The maximum absolute atomic E-state index is 10.6. The second kappa shape index (κ2) is 6.89. The first kappa shape index (κ1) is 15.8. The summed E-state index contributed by atoms with van der Waals surface area (Å²) in [6.45, 7) is 2.62. The van der Waals surface area contributed by atoms with Gasteiger partial charge in [0.1, 0.15) is 0 Å². The predicted octanol–water partition coefficient (Wildman–Crippen LogP) is 1.63.